The van der Waals surface area contributed by atoms with Gasteiger partial charge in [-0.2, -0.15) is 0 Å². The van der Waals surface area contributed by atoms with E-state index in [1.54, 1.807) is 5.70 Å². The molecule has 0 aliphatic rings. The van der Waals surface area contributed by atoms with Gasteiger partial charge in [-0.25, -0.2) is 0 Å². The second-order valence-electron chi connectivity index (χ2n) is 2.11. The van der Waals surface area contributed by atoms with Crippen LogP contribution in [-0.2, 0) is 35.0 Å². The molecule has 0 spiro atoms. The van der Waals surface area contributed by atoms with Gasteiger partial charge in [0.05, 0.1) is 0 Å². The van der Waals surface area contributed by atoms with E-state index in [9.17, 15) is 0 Å². The number of hydrogen-bond donors (Lipinski definition) is 0. The Balaban J connectivity index is 0. The van der Waals surface area contributed by atoms with Crippen LogP contribution in [0, 0.1) is 0 Å². The molecule has 0 amide bonds. The summed E-state index contributed by atoms with van der Waals surface area (Å²) in [4.78, 5) is 0. The first-order chi connectivity index (χ1) is 5.74. The molecule has 0 rings (SSSR count). The Morgan fingerprint density at radius 3 is 1.46 bits per heavy atom. The van der Waals surface area contributed by atoms with Gasteiger partial charge in [-0.05, 0) is 26.5 Å². The molecular weight excluding hydrogens is 220 g/mol. The maximum absolute atomic E-state index is 5.44. The summed E-state index contributed by atoms with van der Waals surface area (Å²) < 4.78 is 16.3. The zero-order valence-corrected chi connectivity index (χ0v) is 11.2. The van der Waals surface area contributed by atoms with E-state index in [1.165, 1.54) is 0 Å². The second kappa shape index (κ2) is 9.12. The Bertz CT molecular complexity index is 116. The van der Waals surface area contributed by atoms with E-state index < -0.39 is 8.80 Å². The van der Waals surface area contributed by atoms with Crippen LogP contribution in [-0.4, -0.2) is 28.6 Å². The SMILES string of the molecule is C=C[Si](OCC)(OCC)OCC.[Ti]. The molecule has 0 unspecified atom stereocenters. The first-order valence-corrected chi connectivity index (χ1v) is 6.10. The molecular formula is C8H18O3SiTi. The molecule has 0 N–H and O–H groups in total. The molecule has 0 aromatic carbocycles. The summed E-state index contributed by atoms with van der Waals surface area (Å²) in [7, 11) is -2.51. The molecule has 0 saturated carbocycles. The fourth-order valence-corrected chi connectivity index (χ4v) is 2.72. The number of rotatable bonds is 7. The minimum atomic E-state index is -2.51. The predicted molar refractivity (Wildman–Crippen MR) is 50.8 cm³/mol. The standard InChI is InChI=1S/C8H18O3Si.Ti/c1-5-9-12(8-4,10-6-2)11-7-3;/h8H,4-7H2,1-3H3;. The van der Waals surface area contributed by atoms with Crippen molar-refractivity contribution in [3.63, 3.8) is 0 Å². The summed E-state index contributed by atoms with van der Waals surface area (Å²) in [6.07, 6.45) is 0. The molecule has 0 radical (unpaired) electrons. The molecule has 3 nitrogen and oxygen atoms in total. The van der Waals surface area contributed by atoms with Crippen molar-refractivity contribution in [2.24, 2.45) is 0 Å². The third kappa shape index (κ3) is 5.78. The van der Waals surface area contributed by atoms with Gasteiger partial charge in [-0.1, -0.05) is 6.58 Å². The van der Waals surface area contributed by atoms with Crippen LogP contribution >= 0.6 is 0 Å². The van der Waals surface area contributed by atoms with Crippen molar-refractivity contribution in [3.8, 4) is 0 Å². The van der Waals surface area contributed by atoms with Crippen LogP contribution in [0.5, 0.6) is 0 Å². The minimum Gasteiger partial charge on any atom is -0.371 e. The van der Waals surface area contributed by atoms with Crippen molar-refractivity contribution >= 4 is 8.80 Å². The normalized spacial score (nSPS) is 10.7. The first-order valence-electron chi connectivity index (χ1n) is 4.30. The van der Waals surface area contributed by atoms with Gasteiger partial charge in [0.15, 0.2) is 0 Å². The van der Waals surface area contributed by atoms with Gasteiger partial charge in [0.2, 0.25) is 0 Å². The van der Waals surface area contributed by atoms with Gasteiger partial charge in [-0.15, -0.1) is 0 Å². The van der Waals surface area contributed by atoms with Crippen LogP contribution in [0.3, 0.4) is 0 Å². The summed E-state index contributed by atoms with van der Waals surface area (Å²) in [5.41, 5.74) is 1.67. The smallest absolute Gasteiger partial charge is 0.371 e. The van der Waals surface area contributed by atoms with E-state index in [-0.39, 0.29) is 21.7 Å². The van der Waals surface area contributed by atoms with E-state index in [4.69, 9.17) is 13.3 Å². The van der Waals surface area contributed by atoms with E-state index in [2.05, 4.69) is 6.58 Å². The zero-order valence-electron chi connectivity index (χ0n) is 8.63. The van der Waals surface area contributed by atoms with Gasteiger partial charge < -0.3 is 13.3 Å². The van der Waals surface area contributed by atoms with Crippen LogP contribution in [0.15, 0.2) is 12.3 Å². The monoisotopic (exact) mass is 238 g/mol. The van der Waals surface area contributed by atoms with E-state index in [0.29, 0.717) is 19.8 Å². The molecule has 76 valence electrons. The van der Waals surface area contributed by atoms with E-state index in [0.717, 1.165) is 0 Å². The van der Waals surface area contributed by atoms with Gasteiger partial charge in [-0.3, -0.25) is 0 Å². The summed E-state index contributed by atoms with van der Waals surface area (Å²) in [6.45, 7) is 11.2. The predicted octanol–water partition coefficient (Wildman–Crippen LogP) is 1.76. The van der Waals surface area contributed by atoms with Crippen molar-refractivity contribution in [1.82, 2.24) is 0 Å². The van der Waals surface area contributed by atoms with Crippen molar-refractivity contribution in [2.75, 3.05) is 19.8 Å². The fourth-order valence-electron chi connectivity index (χ4n) is 0.905. The van der Waals surface area contributed by atoms with Crippen molar-refractivity contribution in [1.29, 1.82) is 0 Å². The zero-order chi connectivity index (χ0) is 9.45. The maximum Gasteiger partial charge on any atom is 0.528 e. The van der Waals surface area contributed by atoms with Crippen molar-refractivity contribution < 1.29 is 35.0 Å². The Morgan fingerprint density at radius 2 is 1.31 bits per heavy atom. The Morgan fingerprint density at radius 1 is 1.00 bits per heavy atom. The summed E-state index contributed by atoms with van der Waals surface area (Å²) >= 11 is 0. The Kier molecular flexibility index (Phi) is 11.2. The maximum atomic E-state index is 5.44. The topological polar surface area (TPSA) is 27.7 Å². The van der Waals surface area contributed by atoms with Crippen LogP contribution in [0.1, 0.15) is 20.8 Å². The number of hydrogen-bond acceptors (Lipinski definition) is 3. The molecule has 5 heteroatoms. The fraction of sp³-hybridized carbons (Fsp3) is 0.750. The molecule has 0 fully saturated rings. The van der Waals surface area contributed by atoms with Gasteiger partial charge in [0.1, 0.15) is 0 Å². The third-order valence-corrected chi connectivity index (χ3v) is 3.86. The minimum absolute atomic E-state index is 0. The van der Waals surface area contributed by atoms with Crippen LogP contribution in [0.2, 0.25) is 0 Å². The summed E-state index contributed by atoms with van der Waals surface area (Å²) in [6, 6.07) is 0. The van der Waals surface area contributed by atoms with Gasteiger partial charge >= 0.3 is 8.80 Å². The average molecular weight is 238 g/mol. The first kappa shape index (κ1) is 16.0. The quantitative estimate of drug-likeness (QED) is 0.632. The molecule has 0 aromatic heterocycles. The molecule has 0 aromatic rings. The van der Waals surface area contributed by atoms with E-state index in [1.807, 2.05) is 20.8 Å². The van der Waals surface area contributed by atoms with Crippen molar-refractivity contribution in [2.45, 2.75) is 20.8 Å². The van der Waals surface area contributed by atoms with Crippen molar-refractivity contribution in [3.05, 3.63) is 12.3 Å². The van der Waals surface area contributed by atoms with Gasteiger partial charge in [0.25, 0.3) is 0 Å². The molecule has 0 saturated heterocycles. The average Bonchev–Trinajstić information content (AvgIpc) is 2.06. The molecule has 0 aliphatic carbocycles. The van der Waals surface area contributed by atoms with Crippen LogP contribution < -0.4 is 0 Å². The molecule has 0 aliphatic heterocycles. The second-order valence-corrected chi connectivity index (χ2v) is 4.59. The van der Waals surface area contributed by atoms with Crippen LogP contribution in [0.25, 0.3) is 0 Å². The van der Waals surface area contributed by atoms with E-state index >= 15 is 0 Å². The Hall–Kier alpha value is 0.551. The molecule has 0 bridgehead atoms. The summed E-state index contributed by atoms with van der Waals surface area (Å²) in [5.74, 6) is 0. The van der Waals surface area contributed by atoms with Crippen LogP contribution in [0.4, 0.5) is 0 Å². The molecule has 0 heterocycles. The van der Waals surface area contributed by atoms with Gasteiger partial charge in [0, 0.05) is 41.5 Å². The summed E-state index contributed by atoms with van der Waals surface area (Å²) in [5, 5.41) is 0. The molecule has 13 heavy (non-hydrogen) atoms. The largest absolute Gasteiger partial charge is 0.528 e. The Labute approximate surface area is 96.7 Å². The third-order valence-electron chi connectivity index (χ3n) is 1.29. The molecule has 0 atom stereocenters.